The normalized spacial score (nSPS) is 12.6. The maximum absolute atomic E-state index is 13.3. The molecule has 3 aromatic rings. The van der Waals surface area contributed by atoms with E-state index >= 15 is 0 Å². The number of carbonyl (C=O) groups is 1. The van der Waals surface area contributed by atoms with Crippen molar-refractivity contribution < 1.29 is 14.3 Å². The van der Waals surface area contributed by atoms with Gasteiger partial charge in [0.25, 0.3) is 0 Å². The van der Waals surface area contributed by atoms with Gasteiger partial charge < -0.3 is 9.47 Å². The van der Waals surface area contributed by atoms with Gasteiger partial charge in [-0.15, -0.1) is 0 Å². The third-order valence-corrected chi connectivity index (χ3v) is 9.55. The van der Waals surface area contributed by atoms with Crippen molar-refractivity contribution in [1.29, 1.82) is 0 Å². The Balaban J connectivity index is 1.50. The highest BCUT2D eigenvalue weighted by atomic mass is 16.5. The summed E-state index contributed by atoms with van der Waals surface area (Å²) in [5.74, 6) is 0.830. The molecular formula is C44H64O3. The second-order valence-electron chi connectivity index (χ2n) is 13.5. The van der Waals surface area contributed by atoms with E-state index in [1.807, 2.05) is 36.4 Å². The monoisotopic (exact) mass is 640 g/mol. The van der Waals surface area contributed by atoms with Crippen LogP contribution in [0.25, 0.3) is 11.1 Å². The van der Waals surface area contributed by atoms with Crippen molar-refractivity contribution in [2.45, 2.75) is 155 Å². The zero-order valence-electron chi connectivity index (χ0n) is 30.2. The van der Waals surface area contributed by atoms with Crippen LogP contribution in [-0.4, -0.2) is 12.6 Å². The van der Waals surface area contributed by atoms with Crippen LogP contribution < -0.4 is 4.74 Å². The van der Waals surface area contributed by atoms with Crippen molar-refractivity contribution in [2.24, 2.45) is 0 Å². The van der Waals surface area contributed by atoms with Gasteiger partial charge in [0.15, 0.2) is 0 Å². The maximum atomic E-state index is 13.3. The zero-order valence-corrected chi connectivity index (χ0v) is 30.2. The molecule has 2 unspecified atom stereocenters. The first-order chi connectivity index (χ1) is 23.1. The minimum atomic E-state index is -0.297. The van der Waals surface area contributed by atoms with E-state index in [0.29, 0.717) is 17.2 Å². The predicted octanol–water partition coefficient (Wildman–Crippen LogP) is 13.8. The average molecular weight is 641 g/mol. The lowest BCUT2D eigenvalue weighted by molar-refractivity contribution is 0.0627. The van der Waals surface area contributed by atoms with Crippen LogP contribution >= 0.6 is 0 Å². The summed E-state index contributed by atoms with van der Waals surface area (Å²) >= 11 is 0. The second-order valence-corrected chi connectivity index (χ2v) is 13.5. The fourth-order valence-corrected chi connectivity index (χ4v) is 6.56. The first-order valence-corrected chi connectivity index (χ1v) is 19.2. The molecule has 0 aliphatic heterocycles. The molecule has 3 heteroatoms. The number of carbonyl (C=O) groups excluding carboxylic acids is 1. The Bertz CT molecular complexity index is 1230. The van der Waals surface area contributed by atoms with Gasteiger partial charge in [-0.3, -0.25) is 0 Å². The van der Waals surface area contributed by atoms with E-state index in [4.69, 9.17) is 9.47 Å². The number of rotatable bonds is 25. The largest absolute Gasteiger partial charge is 0.423 e. The van der Waals surface area contributed by atoms with Gasteiger partial charge in [-0.05, 0) is 72.6 Å². The zero-order chi connectivity index (χ0) is 33.5. The molecule has 0 radical (unpaired) electrons. The third kappa shape index (κ3) is 14.4. The molecule has 0 aliphatic rings. The van der Waals surface area contributed by atoms with Crippen molar-refractivity contribution in [3.63, 3.8) is 0 Å². The lowest BCUT2D eigenvalue weighted by atomic mass is 9.88. The Morgan fingerprint density at radius 3 is 1.70 bits per heavy atom. The van der Waals surface area contributed by atoms with Crippen LogP contribution in [-0.2, 0) is 4.74 Å². The summed E-state index contributed by atoms with van der Waals surface area (Å²) in [4.78, 5) is 13.3. The predicted molar refractivity (Wildman–Crippen MR) is 201 cm³/mol. The topological polar surface area (TPSA) is 35.5 Å². The van der Waals surface area contributed by atoms with Crippen LogP contribution in [0.2, 0.25) is 0 Å². The van der Waals surface area contributed by atoms with E-state index in [2.05, 4.69) is 64.1 Å². The maximum Gasteiger partial charge on any atom is 0.343 e. The van der Waals surface area contributed by atoms with E-state index in [0.717, 1.165) is 43.4 Å². The minimum Gasteiger partial charge on any atom is -0.423 e. The molecule has 0 bridgehead atoms. The highest BCUT2D eigenvalue weighted by Crippen LogP contribution is 2.34. The van der Waals surface area contributed by atoms with Crippen LogP contribution in [0.3, 0.4) is 0 Å². The standard InChI is InChI=1S/C44H64O3/c1-5-8-10-12-14-15-16-17-19-24-40(23-7-3)42-25-20-21-26-43(42)47-44(45)41-33-31-39(32-34-41)38-29-27-37(28-30-38)36(4)46-35-22-18-13-11-9-6-2/h20-21,25-34,36,40H,5-19,22-24,35H2,1-4H3. The molecule has 3 nitrogen and oxygen atoms in total. The summed E-state index contributed by atoms with van der Waals surface area (Å²) in [5.41, 5.74) is 5.14. The Morgan fingerprint density at radius 1 is 0.574 bits per heavy atom. The van der Waals surface area contributed by atoms with Gasteiger partial charge in [0, 0.05) is 6.61 Å². The lowest BCUT2D eigenvalue weighted by Gasteiger charge is -2.20. The van der Waals surface area contributed by atoms with Gasteiger partial charge >= 0.3 is 5.97 Å². The fraction of sp³-hybridized carbons (Fsp3) is 0.568. The molecule has 0 fully saturated rings. The smallest absolute Gasteiger partial charge is 0.343 e. The van der Waals surface area contributed by atoms with Gasteiger partial charge in [0.05, 0.1) is 11.7 Å². The van der Waals surface area contributed by atoms with E-state index in [1.54, 1.807) is 0 Å². The summed E-state index contributed by atoms with van der Waals surface area (Å²) in [6.07, 6.45) is 23.2. The Morgan fingerprint density at radius 2 is 1.11 bits per heavy atom. The number of para-hydroxylation sites is 1. The van der Waals surface area contributed by atoms with Crippen LogP contribution in [0.4, 0.5) is 0 Å². The van der Waals surface area contributed by atoms with Gasteiger partial charge in [-0.2, -0.15) is 0 Å². The van der Waals surface area contributed by atoms with Gasteiger partial charge in [0.2, 0.25) is 0 Å². The van der Waals surface area contributed by atoms with Crippen molar-refractivity contribution in [3.8, 4) is 16.9 Å². The van der Waals surface area contributed by atoms with Gasteiger partial charge in [-0.25, -0.2) is 4.79 Å². The molecular weight excluding hydrogens is 576 g/mol. The van der Waals surface area contributed by atoms with Crippen molar-refractivity contribution >= 4 is 5.97 Å². The lowest BCUT2D eigenvalue weighted by Crippen LogP contribution is -2.11. The van der Waals surface area contributed by atoms with E-state index in [1.165, 1.54) is 101 Å². The van der Waals surface area contributed by atoms with Crippen molar-refractivity contribution in [1.82, 2.24) is 0 Å². The van der Waals surface area contributed by atoms with Gasteiger partial charge in [-0.1, -0.05) is 172 Å². The summed E-state index contributed by atoms with van der Waals surface area (Å²) < 4.78 is 12.2. The molecule has 0 amide bonds. The molecule has 0 N–H and O–H groups in total. The van der Waals surface area contributed by atoms with Gasteiger partial charge in [0.1, 0.15) is 5.75 Å². The summed E-state index contributed by atoms with van der Waals surface area (Å²) in [6.45, 7) is 9.73. The molecule has 47 heavy (non-hydrogen) atoms. The molecule has 0 saturated carbocycles. The molecule has 0 aliphatic carbocycles. The van der Waals surface area contributed by atoms with Crippen molar-refractivity contribution in [3.05, 3.63) is 89.5 Å². The number of esters is 1. The highest BCUT2D eigenvalue weighted by molar-refractivity contribution is 5.91. The molecule has 0 spiro atoms. The van der Waals surface area contributed by atoms with Crippen LogP contribution in [0.15, 0.2) is 72.8 Å². The highest BCUT2D eigenvalue weighted by Gasteiger charge is 2.18. The molecule has 3 rings (SSSR count). The van der Waals surface area contributed by atoms with E-state index in [-0.39, 0.29) is 12.1 Å². The van der Waals surface area contributed by atoms with Crippen molar-refractivity contribution in [2.75, 3.05) is 6.61 Å². The average Bonchev–Trinajstić information content (AvgIpc) is 3.10. The second kappa shape index (κ2) is 23.4. The van der Waals surface area contributed by atoms with Crippen LogP contribution in [0.5, 0.6) is 5.75 Å². The number of unbranched alkanes of at least 4 members (excludes halogenated alkanes) is 13. The first-order valence-electron chi connectivity index (χ1n) is 19.2. The Hall–Kier alpha value is -2.91. The molecule has 258 valence electrons. The molecule has 0 aromatic heterocycles. The number of hydrogen-bond donors (Lipinski definition) is 0. The summed E-state index contributed by atoms with van der Waals surface area (Å²) in [5, 5.41) is 0. The number of hydrogen-bond acceptors (Lipinski definition) is 3. The Kier molecular flexibility index (Phi) is 19.2. The fourth-order valence-electron chi connectivity index (χ4n) is 6.56. The summed E-state index contributed by atoms with van der Waals surface area (Å²) in [6, 6.07) is 24.6. The molecule has 0 heterocycles. The van der Waals surface area contributed by atoms with E-state index < -0.39 is 0 Å². The van der Waals surface area contributed by atoms with E-state index in [9.17, 15) is 4.79 Å². The number of benzene rings is 3. The quantitative estimate of drug-likeness (QED) is 0.0525. The molecule has 0 saturated heterocycles. The SMILES string of the molecule is CCCCCCCCCCCC(CCC)c1ccccc1OC(=O)c1ccc(-c2ccc(C(C)OCCCCCCCC)cc2)cc1. The first kappa shape index (κ1) is 38.5. The van der Waals surface area contributed by atoms with Crippen LogP contribution in [0.1, 0.15) is 177 Å². The molecule has 3 aromatic carbocycles. The Labute approximate surface area is 287 Å². The van der Waals surface area contributed by atoms with Crippen LogP contribution in [0, 0.1) is 0 Å². The third-order valence-electron chi connectivity index (χ3n) is 9.55. The number of ether oxygens (including phenoxy) is 2. The minimum absolute atomic E-state index is 0.0849. The molecule has 2 atom stereocenters. The summed E-state index contributed by atoms with van der Waals surface area (Å²) in [7, 11) is 0.